The van der Waals surface area contributed by atoms with Crippen molar-refractivity contribution in [1.29, 1.82) is 0 Å². The summed E-state index contributed by atoms with van der Waals surface area (Å²) in [4.78, 5) is 0. The van der Waals surface area contributed by atoms with E-state index in [1.807, 2.05) is 6.08 Å². The first-order valence-corrected chi connectivity index (χ1v) is 4.90. The van der Waals surface area contributed by atoms with Gasteiger partial charge < -0.3 is 10.6 Å². The molecule has 1 heterocycles. The Morgan fingerprint density at radius 2 is 2.58 bits per heavy atom. The minimum Gasteiger partial charge on any atom is -0.313 e. The van der Waals surface area contributed by atoms with Gasteiger partial charge in [-0.1, -0.05) is 6.08 Å². The third kappa shape index (κ3) is 3.37. The third-order valence-corrected chi connectivity index (χ3v) is 2.40. The van der Waals surface area contributed by atoms with Crippen molar-refractivity contribution < 1.29 is 0 Å². The Morgan fingerprint density at radius 1 is 1.75 bits per heavy atom. The first kappa shape index (κ1) is 9.75. The molecule has 0 spiro atoms. The SMILES string of the molecule is C=CCC(C)NCC1CCCN1. The van der Waals surface area contributed by atoms with Gasteiger partial charge in [0.1, 0.15) is 0 Å². The van der Waals surface area contributed by atoms with Crippen LogP contribution in [-0.2, 0) is 0 Å². The maximum absolute atomic E-state index is 3.72. The van der Waals surface area contributed by atoms with Crippen molar-refractivity contribution in [2.45, 2.75) is 38.3 Å². The Hall–Kier alpha value is -0.340. The topological polar surface area (TPSA) is 24.1 Å². The van der Waals surface area contributed by atoms with E-state index in [9.17, 15) is 0 Å². The lowest BCUT2D eigenvalue weighted by Crippen LogP contribution is -2.38. The molecule has 2 unspecified atom stereocenters. The smallest absolute Gasteiger partial charge is 0.0193 e. The second-order valence-corrected chi connectivity index (χ2v) is 3.63. The number of rotatable bonds is 5. The van der Waals surface area contributed by atoms with E-state index in [1.54, 1.807) is 0 Å². The van der Waals surface area contributed by atoms with Crippen LogP contribution in [0.3, 0.4) is 0 Å². The molecule has 2 heteroatoms. The van der Waals surface area contributed by atoms with Gasteiger partial charge in [-0.05, 0) is 32.7 Å². The van der Waals surface area contributed by atoms with Gasteiger partial charge in [0.2, 0.25) is 0 Å². The molecule has 12 heavy (non-hydrogen) atoms. The Bertz CT molecular complexity index is 128. The van der Waals surface area contributed by atoms with E-state index in [4.69, 9.17) is 0 Å². The van der Waals surface area contributed by atoms with E-state index in [1.165, 1.54) is 19.4 Å². The van der Waals surface area contributed by atoms with Crippen molar-refractivity contribution in [1.82, 2.24) is 10.6 Å². The monoisotopic (exact) mass is 168 g/mol. The molecule has 0 aliphatic carbocycles. The summed E-state index contributed by atoms with van der Waals surface area (Å²) in [5.74, 6) is 0. The lowest BCUT2D eigenvalue weighted by Gasteiger charge is -2.15. The fourth-order valence-corrected chi connectivity index (χ4v) is 1.61. The molecule has 2 N–H and O–H groups in total. The third-order valence-electron chi connectivity index (χ3n) is 2.40. The molecule has 0 saturated carbocycles. The first-order valence-electron chi connectivity index (χ1n) is 4.90. The molecule has 0 bridgehead atoms. The van der Waals surface area contributed by atoms with Crippen LogP contribution in [0.5, 0.6) is 0 Å². The van der Waals surface area contributed by atoms with Crippen LogP contribution < -0.4 is 10.6 Å². The van der Waals surface area contributed by atoms with Crippen molar-refractivity contribution in [3.05, 3.63) is 12.7 Å². The second kappa shape index (κ2) is 5.33. The van der Waals surface area contributed by atoms with Crippen molar-refractivity contribution in [2.24, 2.45) is 0 Å². The quantitative estimate of drug-likeness (QED) is 0.605. The fraction of sp³-hybridized carbons (Fsp3) is 0.800. The largest absolute Gasteiger partial charge is 0.313 e. The van der Waals surface area contributed by atoms with E-state index < -0.39 is 0 Å². The normalized spacial score (nSPS) is 25.6. The van der Waals surface area contributed by atoms with Crippen molar-refractivity contribution in [3.8, 4) is 0 Å². The number of hydrogen-bond donors (Lipinski definition) is 2. The molecule has 0 aromatic carbocycles. The zero-order chi connectivity index (χ0) is 8.81. The van der Waals surface area contributed by atoms with Crippen LogP contribution in [0.2, 0.25) is 0 Å². The van der Waals surface area contributed by atoms with Crippen LogP contribution in [0.1, 0.15) is 26.2 Å². The molecule has 2 atom stereocenters. The summed E-state index contributed by atoms with van der Waals surface area (Å²) >= 11 is 0. The Kier molecular flexibility index (Phi) is 4.33. The van der Waals surface area contributed by atoms with E-state index in [-0.39, 0.29) is 0 Å². The Morgan fingerprint density at radius 3 is 3.17 bits per heavy atom. The highest BCUT2D eigenvalue weighted by atomic mass is 15.0. The van der Waals surface area contributed by atoms with Crippen molar-refractivity contribution in [3.63, 3.8) is 0 Å². The van der Waals surface area contributed by atoms with Gasteiger partial charge in [0.15, 0.2) is 0 Å². The van der Waals surface area contributed by atoms with Crippen LogP contribution in [0.25, 0.3) is 0 Å². The highest BCUT2D eigenvalue weighted by molar-refractivity contribution is 4.80. The van der Waals surface area contributed by atoms with E-state index >= 15 is 0 Å². The maximum Gasteiger partial charge on any atom is 0.0193 e. The number of nitrogens with one attached hydrogen (secondary N) is 2. The molecule has 0 amide bonds. The molecule has 0 aromatic rings. The van der Waals surface area contributed by atoms with Gasteiger partial charge >= 0.3 is 0 Å². The fourth-order valence-electron chi connectivity index (χ4n) is 1.61. The highest BCUT2D eigenvalue weighted by Gasteiger charge is 2.13. The Balaban J connectivity index is 2.03. The molecule has 2 nitrogen and oxygen atoms in total. The minimum atomic E-state index is 0.574. The molecule has 1 aliphatic rings. The molecule has 0 aromatic heterocycles. The highest BCUT2D eigenvalue weighted by Crippen LogP contribution is 2.03. The molecule has 1 saturated heterocycles. The van der Waals surface area contributed by atoms with Gasteiger partial charge in [-0.2, -0.15) is 0 Å². The van der Waals surface area contributed by atoms with Gasteiger partial charge in [-0.25, -0.2) is 0 Å². The van der Waals surface area contributed by atoms with Gasteiger partial charge in [-0.15, -0.1) is 6.58 Å². The van der Waals surface area contributed by atoms with Crippen LogP contribution >= 0.6 is 0 Å². The van der Waals surface area contributed by atoms with E-state index in [2.05, 4.69) is 24.1 Å². The maximum atomic E-state index is 3.72. The van der Waals surface area contributed by atoms with Crippen molar-refractivity contribution >= 4 is 0 Å². The lowest BCUT2D eigenvalue weighted by molar-refractivity contribution is 0.481. The van der Waals surface area contributed by atoms with E-state index in [0.29, 0.717) is 12.1 Å². The summed E-state index contributed by atoms with van der Waals surface area (Å²) in [7, 11) is 0. The van der Waals surface area contributed by atoms with Gasteiger partial charge in [0.25, 0.3) is 0 Å². The molecule has 1 fully saturated rings. The van der Waals surface area contributed by atoms with Crippen LogP contribution in [0, 0.1) is 0 Å². The number of hydrogen-bond acceptors (Lipinski definition) is 2. The first-order chi connectivity index (χ1) is 5.83. The second-order valence-electron chi connectivity index (χ2n) is 3.63. The summed E-state index contributed by atoms with van der Waals surface area (Å²) in [5, 5.41) is 6.96. The zero-order valence-corrected chi connectivity index (χ0v) is 7.97. The van der Waals surface area contributed by atoms with Crippen molar-refractivity contribution in [2.75, 3.05) is 13.1 Å². The lowest BCUT2D eigenvalue weighted by atomic mass is 10.2. The molecule has 0 radical (unpaired) electrons. The molecule has 70 valence electrons. The van der Waals surface area contributed by atoms with Gasteiger partial charge in [-0.3, -0.25) is 0 Å². The molecular weight excluding hydrogens is 148 g/mol. The zero-order valence-electron chi connectivity index (χ0n) is 7.97. The minimum absolute atomic E-state index is 0.574. The predicted molar refractivity (Wildman–Crippen MR) is 53.3 cm³/mol. The molecule has 1 rings (SSSR count). The predicted octanol–water partition coefficient (Wildman–Crippen LogP) is 1.29. The summed E-state index contributed by atoms with van der Waals surface area (Å²) < 4.78 is 0. The molecule has 1 aliphatic heterocycles. The van der Waals surface area contributed by atoms with Gasteiger partial charge in [0.05, 0.1) is 0 Å². The van der Waals surface area contributed by atoms with E-state index in [0.717, 1.165) is 13.0 Å². The van der Waals surface area contributed by atoms with Gasteiger partial charge in [0, 0.05) is 18.6 Å². The average molecular weight is 168 g/mol. The summed E-state index contributed by atoms with van der Waals surface area (Å²) in [6.07, 6.45) is 5.70. The standard InChI is InChI=1S/C10H20N2/c1-3-5-9(2)12-8-10-6-4-7-11-10/h3,9-12H,1,4-8H2,2H3. The molecular formula is C10H20N2. The van der Waals surface area contributed by atoms with Crippen LogP contribution in [0.15, 0.2) is 12.7 Å². The summed E-state index contributed by atoms with van der Waals surface area (Å²) in [5.41, 5.74) is 0. The Labute approximate surface area is 75.4 Å². The average Bonchev–Trinajstić information content (AvgIpc) is 2.53. The summed E-state index contributed by atoms with van der Waals surface area (Å²) in [6.45, 7) is 8.23. The van der Waals surface area contributed by atoms with Crippen LogP contribution in [-0.4, -0.2) is 25.2 Å². The van der Waals surface area contributed by atoms with Crippen LogP contribution in [0.4, 0.5) is 0 Å². The summed E-state index contributed by atoms with van der Waals surface area (Å²) in [6, 6.07) is 1.28.